The Morgan fingerprint density at radius 2 is 1.79 bits per heavy atom. The van der Waals surface area contributed by atoms with Crippen LogP contribution in [0.4, 0.5) is 26.4 Å². The van der Waals surface area contributed by atoms with Crippen molar-refractivity contribution >= 4 is 23.6 Å². The van der Waals surface area contributed by atoms with Crippen LogP contribution in [0.1, 0.15) is 18.7 Å². The highest BCUT2D eigenvalue weighted by atomic mass is 19.3. The van der Waals surface area contributed by atoms with E-state index >= 15 is 0 Å². The number of alkyl halides is 2. The quantitative estimate of drug-likeness (QED) is 0.374. The van der Waals surface area contributed by atoms with Crippen molar-refractivity contribution in [3.63, 3.8) is 0 Å². The van der Waals surface area contributed by atoms with Crippen molar-refractivity contribution in [2.45, 2.75) is 25.4 Å². The number of nitrogens with zero attached hydrogens (tertiary/aromatic N) is 4. The molecule has 1 saturated heterocycles. The molecule has 3 aromatic rings. The summed E-state index contributed by atoms with van der Waals surface area (Å²) >= 11 is 0. The molecule has 1 fully saturated rings. The number of rotatable bonds is 6. The maximum absolute atomic E-state index is 13.6. The van der Waals surface area contributed by atoms with Crippen molar-refractivity contribution in [1.82, 2.24) is 19.9 Å². The summed E-state index contributed by atoms with van der Waals surface area (Å²) in [6.07, 6.45) is 0.107. The molecule has 9 nitrogen and oxygen atoms in total. The van der Waals surface area contributed by atoms with Gasteiger partial charge in [0.15, 0.2) is 12.4 Å². The minimum absolute atomic E-state index is 0.0360. The third kappa shape index (κ3) is 6.25. The van der Waals surface area contributed by atoms with Gasteiger partial charge in [0, 0.05) is 18.7 Å². The Morgan fingerprint density at radius 1 is 1.06 bits per heavy atom. The lowest BCUT2D eigenvalue weighted by Gasteiger charge is -2.33. The van der Waals surface area contributed by atoms with Crippen molar-refractivity contribution in [2.75, 3.05) is 24.1 Å². The predicted molar refractivity (Wildman–Crippen MR) is 119 cm³/mol. The Bertz CT molecular complexity index is 1100. The summed E-state index contributed by atoms with van der Waals surface area (Å²) < 4.78 is 38.2. The number of ether oxygens (including phenoxy) is 2. The third-order valence-corrected chi connectivity index (χ3v) is 4.81. The summed E-state index contributed by atoms with van der Waals surface area (Å²) in [6, 6.07) is 16.2. The SMILES string of the molecule is N=C(OCc1nc(N)nc(Nc2ccc(Oc3ccccc3)cc2)n1)N1CCCC(F)(F)C1. The van der Waals surface area contributed by atoms with Gasteiger partial charge in [-0.1, -0.05) is 18.2 Å². The fraction of sp³-hybridized carbons (Fsp3) is 0.273. The molecule has 0 aliphatic carbocycles. The number of para-hydroxylation sites is 1. The molecule has 0 atom stereocenters. The number of likely N-dealkylation sites (tertiary alicyclic amines) is 1. The van der Waals surface area contributed by atoms with Gasteiger partial charge in [-0.3, -0.25) is 5.41 Å². The first-order chi connectivity index (χ1) is 15.9. The van der Waals surface area contributed by atoms with Crippen LogP contribution in [0.25, 0.3) is 0 Å². The Labute approximate surface area is 189 Å². The molecule has 0 bridgehead atoms. The molecule has 2 aromatic carbocycles. The number of aromatic nitrogens is 3. The second-order valence-corrected chi connectivity index (χ2v) is 7.47. The molecular formula is C22H23F2N7O2. The van der Waals surface area contributed by atoms with Gasteiger partial charge in [0.1, 0.15) is 11.5 Å². The van der Waals surface area contributed by atoms with E-state index in [1.54, 1.807) is 24.3 Å². The number of amidine groups is 1. The maximum atomic E-state index is 13.6. The van der Waals surface area contributed by atoms with Crippen LogP contribution in [-0.2, 0) is 11.3 Å². The van der Waals surface area contributed by atoms with Crippen LogP contribution >= 0.6 is 0 Å². The number of nitrogens with one attached hydrogen (secondary N) is 2. The van der Waals surface area contributed by atoms with Crippen LogP contribution in [0.3, 0.4) is 0 Å². The number of hydrogen-bond donors (Lipinski definition) is 3. The summed E-state index contributed by atoms with van der Waals surface area (Å²) in [7, 11) is 0. The van der Waals surface area contributed by atoms with E-state index in [9.17, 15) is 8.78 Å². The van der Waals surface area contributed by atoms with Crippen LogP contribution in [0.15, 0.2) is 54.6 Å². The number of benzene rings is 2. The molecule has 1 aliphatic heterocycles. The van der Waals surface area contributed by atoms with Crippen molar-refractivity contribution < 1.29 is 18.3 Å². The second-order valence-electron chi connectivity index (χ2n) is 7.47. The van der Waals surface area contributed by atoms with Crippen LogP contribution in [-0.4, -0.2) is 44.9 Å². The van der Waals surface area contributed by atoms with Crippen LogP contribution in [0.2, 0.25) is 0 Å². The Balaban J connectivity index is 1.35. The highest BCUT2D eigenvalue weighted by Crippen LogP contribution is 2.27. The average Bonchev–Trinajstić information content (AvgIpc) is 2.78. The van der Waals surface area contributed by atoms with Gasteiger partial charge in [-0.15, -0.1) is 0 Å². The summed E-state index contributed by atoms with van der Waals surface area (Å²) in [4.78, 5) is 13.5. The Morgan fingerprint density at radius 3 is 2.52 bits per heavy atom. The number of anilines is 3. The first kappa shape index (κ1) is 22.2. The Kier molecular flexibility index (Phi) is 6.48. The average molecular weight is 455 g/mol. The summed E-state index contributed by atoms with van der Waals surface area (Å²) in [5.74, 6) is -1.11. The van der Waals surface area contributed by atoms with E-state index in [1.165, 1.54) is 4.90 Å². The van der Waals surface area contributed by atoms with Gasteiger partial charge >= 0.3 is 0 Å². The zero-order chi connectivity index (χ0) is 23.3. The lowest BCUT2D eigenvalue weighted by molar-refractivity contribution is -0.0526. The highest BCUT2D eigenvalue weighted by molar-refractivity contribution is 5.70. The number of nitrogens with two attached hydrogens (primary N) is 1. The molecule has 11 heteroatoms. The van der Waals surface area contributed by atoms with Crippen molar-refractivity contribution in [3.8, 4) is 11.5 Å². The van der Waals surface area contributed by atoms with Crippen LogP contribution in [0.5, 0.6) is 11.5 Å². The largest absolute Gasteiger partial charge is 0.457 e. The standard InChI is InChI=1S/C22H23F2N7O2/c23-22(24)11-4-12-31(14-22)20(26)32-13-18-28-19(25)30-21(29-18)27-15-7-9-17(10-8-15)33-16-5-2-1-3-6-16/h1-3,5-10,26H,4,11-14H2,(H3,25,27,28,29,30). The molecule has 1 aromatic heterocycles. The molecule has 2 heterocycles. The van der Waals surface area contributed by atoms with E-state index in [1.807, 2.05) is 30.3 Å². The lowest BCUT2D eigenvalue weighted by atomic mass is 10.1. The van der Waals surface area contributed by atoms with Crippen molar-refractivity contribution in [3.05, 3.63) is 60.4 Å². The minimum atomic E-state index is -2.83. The zero-order valence-corrected chi connectivity index (χ0v) is 17.7. The molecule has 4 rings (SSSR count). The van der Waals surface area contributed by atoms with Gasteiger partial charge in [-0.2, -0.15) is 15.0 Å². The van der Waals surface area contributed by atoms with Gasteiger partial charge in [0.2, 0.25) is 11.9 Å². The van der Waals surface area contributed by atoms with Gasteiger partial charge in [-0.05, 0) is 42.8 Å². The smallest absolute Gasteiger partial charge is 0.285 e. The van der Waals surface area contributed by atoms with E-state index in [-0.39, 0.29) is 36.8 Å². The van der Waals surface area contributed by atoms with Gasteiger partial charge in [-0.25, -0.2) is 8.78 Å². The molecule has 33 heavy (non-hydrogen) atoms. The number of halogens is 2. The van der Waals surface area contributed by atoms with Crippen LogP contribution < -0.4 is 15.8 Å². The van der Waals surface area contributed by atoms with E-state index < -0.39 is 12.5 Å². The normalized spacial score (nSPS) is 15.0. The molecule has 0 unspecified atom stereocenters. The Hall–Kier alpha value is -4.02. The van der Waals surface area contributed by atoms with E-state index in [2.05, 4.69) is 20.3 Å². The minimum Gasteiger partial charge on any atom is -0.457 e. The first-order valence-electron chi connectivity index (χ1n) is 10.3. The number of hydrogen-bond acceptors (Lipinski definition) is 8. The maximum Gasteiger partial charge on any atom is 0.285 e. The van der Waals surface area contributed by atoms with Gasteiger partial charge in [0.25, 0.3) is 11.9 Å². The molecule has 0 spiro atoms. The summed E-state index contributed by atoms with van der Waals surface area (Å²) in [5, 5.41) is 11.0. The van der Waals surface area contributed by atoms with Crippen molar-refractivity contribution in [2.24, 2.45) is 0 Å². The molecule has 172 valence electrons. The topological polar surface area (TPSA) is 122 Å². The van der Waals surface area contributed by atoms with E-state index in [0.29, 0.717) is 24.4 Å². The van der Waals surface area contributed by atoms with E-state index in [0.717, 1.165) is 5.75 Å². The predicted octanol–water partition coefficient (Wildman–Crippen LogP) is 4.17. The molecule has 4 N–H and O–H groups in total. The summed E-state index contributed by atoms with van der Waals surface area (Å²) in [6.45, 7) is -0.404. The highest BCUT2D eigenvalue weighted by Gasteiger charge is 2.36. The number of nitrogen functional groups attached to an aromatic ring is 1. The van der Waals surface area contributed by atoms with Gasteiger partial charge < -0.3 is 25.4 Å². The molecule has 0 radical (unpaired) electrons. The molecule has 0 saturated carbocycles. The summed E-state index contributed by atoms with van der Waals surface area (Å²) in [5.41, 5.74) is 6.46. The molecule has 1 aliphatic rings. The molecule has 0 amide bonds. The zero-order valence-electron chi connectivity index (χ0n) is 17.7. The monoisotopic (exact) mass is 455 g/mol. The fourth-order valence-electron chi connectivity index (χ4n) is 3.28. The van der Waals surface area contributed by atoms with E-state index in [4.69, 9.17) is 20.6 Å². The van der Waals surface area contributed by atoms with Crippen LogP contribution in [0, 0.1) is 5.41 Å². The first-order valence-corrected chi connectivity index (χ1v) is 10.3. The second kappa shape index (κ2) is 9.63. The fourth-order valence-corrected chi connectivity index (χ4v) is 3.28. The van der Waals surface area contributed by atoms with Gasteiger partial charge in [0.05, 0.1) is 6.54 Å². The number of piperidine rings is 1. The molecular weight excluding hydrogens is 432 g/mol. The van der Waals surface area contributed by atoms with Crippen molar-refractivity contribution in [1.29, 1.82) is 5.41 Å². The lowest BCUT2D eigenvalue weighted by Crippen LogP contribution is -2.46. The third-order valence-electron chi connectivity index (χ3n) is 4.81.